The lowest BCUT2D eigenvalue weighted by molar-refractivity contribution is 1.22. The predicted molar refractivity (Wildman–Crippen MR) is 80.7 cm³/mol. The molecule has 94 valence electrons. The zero-order chi connectivity index (χ0) is 13.2. The second-order valence-electron chi connectivity index (χ2n) is 4.49. The molecule has 0 saturated heterocycles. The molecule has 2 aromatic carbocycles. The molecule has 3 aromatic rings. The van der Waals surface area contributed by atoms with Crippen molar-refractivity contribution in [1.29, 1.82) is 0 Å². The minimum Gasteiger partial charge on any atom is -0.398 e. The number of para-hydroxylation sites is 1. The molecular weight excluding hydrogens is 234 g/mol. The van der Waals surface area contributed by atoms with Gasteiger partial charge in [0.15, 0.2) is 0 Å². The van der Waals surface area contributed by atoms with Gasteiger partial charge in [-0.3, -0.25) is 4.98 Å². The SMILES string of the molecule is CN(c1ccccc1)c1ccc(N)c2cnccc12. The van der Waals surface area contributed by atoms with Crippen molar-refractivity contribution >= 4 is 27.8 Å². The molecule has 19 heavy (non-hydrogen) atoms. The standard InChI is InChI=1S/C16H15N3/c1-19(12-5-3-2-4-6-12)16-8-7-15(17)14-11-18-10-9-13(14)16/h2-11H,17H2,1H3. The number of rotatable bonds is 2. The maximum Gasteiger partial charge on any atom is 0.0490 e. The number of hydrogen-bond donors (Lipinski definition) is 1. The van der Waals surface area contributed by atoms with Gasteiger partial charge in [0.25, 0.3) is 0 Å². The first-order valence-electron chi connectivity index (χ1n) is 6.18. The number of nitrogens with zero attached hydrogens (tertiary/aromatic N) is 2. The molecule has 0 fully saturated rings. The van der Waals surface area contributed by atoms with Crippen molar-refractivity contribution in [3.05, 3.63) is 60.9 Å². The number of pyridine rings is 1. The van der Waals surface area contributed by atoms with Gasteiger partial charge >= 0.3 is 0 Å². The van der Waals surface area contributed by atoms with Crippen LogP contribution < -0.4 is 10.6 Å². The Kier molecular flexibility index (Phi) is 2.80. The molecule has 0 unspecified atom stereocenters. The fourth-order valence-corrected chi connectivity index (χ4v) is 2.28. The van der Waals surface area contributed by atoms with E-state index in [-0.39, 0.29) is 0 Å². The van der Waals surface area contributed by atoms with Gasteiger partial charge in [-0.15, -0.1) is 0 Å². The molecule has 0 bridgehead atoms. The number of fused-ring (bicyclic) bond motifs is 1. The highest BCUT2D eigenvalue weighted by molar-refractivity contribution is 6.01. The second-order valence-corrected chi connectivity index (χ2v) is 4.49. The first-order chi connectivity index (χ1) is 9.27. The summed E-state index contributed by atoms with van der Waals surface area (Å²) in [4.78, 5) is 6.30. The average molecular weight is 249 g/mol. The quantitative estimate of drug-likeness (QED) is 0.706. The Labute approximate surface area is 112 Å². The van der Waals surface area contributed by atoms with E-state index in [9.17, 15) is 0 Å². The molecule has 3 nitrogen and oxygen atoms in total. The van der Waals surface area contributed by atoms with E-state index in [1.807, 2.05) is 42.6 Å². The van der Waals surface area contributed by atoms with Gasteiger partial charge in [0.2, 0.25) is 0 Å². The lowest BCUT2D eigenvalue weighted by Crippen LogP contribution is -2.10. The number of hydrogen-bond acceptors (Lipinski definition) is 3. The maximum absolute atomic E-state index is 6.01. The van der Waals surface area contributed by atoms with E-state index in [2.05, 4.69) is 29.1 Å². The Hall–Kier alpha value is -2.55. The molecule has 0 amide bonds. The third-order valence-electron chi connectivity index (χ3n) is 3.33. The highest BCUT2D eigenvalue weighted by Gasteiger charge is 2.09. The van der Waals surface area contributed by atoms with Crippen LogP contribution in [0.25, 0.3) is 10.8 Å². The third kappa shape index (κ3) is 1.99. The summed E-state index contributed by atoms with van der Waals surface area (Å²) < 4.78 is 0. The molecule has 0 atom stereocenters. The Balaban J connectivity index is 2.18. The van der Waals surface area contributed by atoms with Crippen LogP contribution in [0.15, 0.2) is 60.9 Å². The Morgan fingerprint density at radius 2 is 1.74 bits per heavy atom. The maximum atomic E-state index is 6.01. The lowest BCUT2D eigenvalue weighted by Gasteiger charge is -2.21. The molecule has 2 N–H and O–H groups in total. The summed E-state index contributed by atoms with van der Waals surface area (Å²) in [7, 11) is 2.06. The van der Waals surface area contributed by atoms with Gasteiger partial charge in [0.05, 0.1) is 0 Å². The van der Waals surface area contributed by atoms with Crippen molar-refractivity contribution in [3.63, 3.8) is 0 Å². The summed E-state index contributed by atoms with van der Waals surface area (Å²) in [6.45, 7) is 0. The molecule has 0 saturated carbocycles. The topological polar surface area (TPSA) is 42.1 Å². The van der Waals surface area contributed by atoms with E-state index < -0.39 is 0 Å². The van der Waals surface area contributed by atoms with E-state index >= 15 is 0 Å². The van der Waals surface area contributed by atoms with Crippen LogP contribution in [0.2, 0.25) is 0 Å². The van der Waals surface area contributed by atoms with Crippen LogP contribution >= 0.6 is 0 Å². The molecule has 3 rings (SSSR count). The van der Waals surface area contributed by atoms with Gasteiger partial charge in [-0.1, -0.05) is 18.2 Å². The summed E-state index contributed by atoms with van der Waals surface area (Å²) in [6.07, 6.45) is 3.61. The van der Waals surface area contributed by atoms with Crippen LogP contribution in [0.5, 0.6) is 0 Å². The molecule has 1 aromatic heterocycles. The zero-order valence-corrected chi connectivity index (χ0v) is 10.7. The second kappa shape index (κ2) is 4.61. The van der Waals surface area contributed by atoms with E-state index in [1.54, 1.807) is 6.20 Å². The van der Waals surface area contributed by atoms with E-state index in [4.69, 9.17) is 5.73 Å². The predicted octanol–water partition coefficient (Wildman–Crippen LogP) is 3.58. The first-order valence-corrected chi connectivity index (χ1v) is 6.18. The molecule has 1 heterocycles. The monoisotopic (exact) mass is 249 g/mol. The Bertz CT molecular complexity index is 708. The Morgan fingerprint density at radius 1 is 0.947 bits per heavy atom. The lowest BCUT2D eigenvalue weighted by atomic mass is 10.1. The minimum absolute atomic E-state index is 0.758. The van der Waals surface area contributed by atoms with Crippen molar-refractivity contribution in [1.82, 2.24) is 4.98 Å². The van der Waals surface area contributed by atoms with Crippen molar-refractivity contribution in [2.24, 2.45) is 0 Å². The molecule has 0 aliphatic carbocycles. The van der Waals surface area contributed by atoms with Crippen molar-refractivity contribution in [3.8, 4) is 0 Å². The van der Waals surface area contributed by atoms with Crippen LogP contribution in [-0.2, 0) is 0 Å². The summed E-state index contributed by atoms with van der Waals surface area (Å²) in [5.74, 6) is 0. The van der Waals surface area contributed by atoms with E-state index in [0.29, 0.717) is 0 Å². The van der Waals surface area contributed by atoms with Gasteiger partial charge in [-0.2, -0.15) is 0 Å². The fourth-order valence-electron chi connectivity index (χ4n) is 2.28. The van der Waals surface area contributed by atoms with Crippen molar-refractivity contribution < 1.29 is 0 Å². The van der Waals surface area contributed by atoms with Crippen LogP contribution in [0.3, 0.4) is 0 Å². The number of benzene rings is 2. The normalized spacial score (nSPS) is 10.6. The summed E-state index contributed by atoms with van der Waals surface area (Å²) in [5.41, 5.74) is 9.03. The van der Waals surface area contributed by atoms with Crippen LogP contribution in [-0.4, -0.2) is 12.0 Å². The molecule has 0 radical (unpaired) electrons. The zero-order valence-electron chi connectivity index (χ0n) is 10.7. The van der Waals surface area contributed by atoms with Crippen molar-refractivity contribution in [2.45, 2.75) is 0 Å². The van der Waals surface area contributed by atoms with E-state index in [1.165, 1.54) is 0 Å². The summed E-state index contributed by atoms with van der Waals surface area (Å²) in [6, 6.07) is 16.2. The largest absolute Gasteiger partial charge is 0.398 e. The van der Waals surface area contributed by atoms with Crippen LogP contribution in [0, 0.1) is 0 Å². The number of aromatic nitrogens is 1. The van der Waals surface area contributed by atoms with Gasteiger partial charge in [-0.25, -0.2) is 0 Å². The van der Waals surface area contributed by atoms with Gasteiger partial charge in [0, 0.05) is 47.3 Å². The highest BCUT2D eigenvalue weighted by Crippen LogP contribution is 2.33. The number of anilines is 3. The fraction of sp³-hybridized carbons (Fsp3) is 0.0625. The minimum atomic E-state index is 0.758. The van der Waals surface area contributed by atoms with Gasteiger partial charge in [0.1, 0.15) is 0 Å². The molecule has 3 heteroatoms. The van der Waals surface area contributed by atoms with Crippen LogP contribution in [0.1, 0.15) is 0 Å². The van der Waals surface area contributed by atoms with Crippen LogP contribution in [0.4, 0.5) is 17.1 Å². The summed E-state index contributed by atoms with van der Waals surface area (Å²) in [5, 5.41) is 2.10. The summed E-state index contributed by atoms with van der Waals surface area (Å²) >= 11 is 0. The van der Waals surface area contributed by atoms with Gasteiger partial charge in [-0.05, 0) is 30.3 Å². The molecular formula is C16H15N3. The Morgan fingerprint density at radius 3 is 2.53 bits per heavy atom. The number of nitrogens with two attached hydrogens (primary N) is 1. The van der Waals surface area contributed by atoms with Gasteiger partial charge < -0.3 is 10.6 Å². The molecule has 0 aliphatic heterocycles. The molecule has 0 spiro atoms. The first kappa shape index (κ1) is 11.5. The average Bonchev–Trinajstić information content (AvgIpc) is 2.48. The smallest absolute Gasteiger partial charge is 0.0490 e. The molecule has 0 aliphatic rings. The third-order valence-corrected chi connectivity index (χ3v) is 3.33. The van der Waals surface area contributed by atoms with Crippen molar-refractivity contribution in [2.75, 3.05) is 17.7 Å². The highest BCUT2D eigenvalue weighted by atomic mass is 15.1. The van der Waals surface area contributed by atoms with E-state index in [0.717, 1.165) is 27.8 Å². The number of nitrogen functional groups attached to an aromatic ring is 1.